The van der Waals surface area contributed by atoms with Crippen LogP contribution in [0, 0.1) is 0 Å². The van der Waals surface area contributed by atoms with E-state index in [0.717, 1.165) is 5.56 Å². The van der Waals surface area contributed by atoms with E-state index in [1.807, 2.05) is 24.4 Å². The standard InChI is InChI=1S/C15H13N5O/c21-15(13-6-1-2-7-16-13)18-11-12-5-3-8-17-14(12)20-10-4-9-19-20/h1-10H,11H2,(H,18,21). The zero-order valence-corrected chi connectivity index (χ0v) is 11.2. The summed E-state index contributed by atoms with van der Waals surface area (Å²) in [6.45, 7) is 0.360. The SMILES string of the molecule is O=C(NCc1cccnc1-n1cccn1)c1ccccn1. The van der Waals surface area contributed by atoms with Crippen molar-refractivity contribution in [2.24, 2.45) is 0 Å². The van der Waals surface area contributed by atoms with Gasteiger partial charge in [-0.25, -0.2) is 9.67 Å². The summed E-state index contributed by atoms with van der Waals surface area (Å²) in [6, 6.07) is 10.8. The van der Waals surface area contributed by atoms with Gasteiger partial charge in [0.25, 0.3) is 5.91 Å². The molecule has 0 radical (unpaired) electrons. The molecule has 0 fully saturated rings. The maximum Gasteiger partial charge on any atom is 0.270 e. The van der Waals surface area contributed by atoms with Crippen molar-refractivity contribution in [2.75, 3.05) is 0 Å². The highest BCUT2D eigenvalue weighted by molar-refractivity contribution is 5.92. The lowest BCUT2D eigenvalue weighted by Gasteiger charge is -2.09. The zero-order chi connectivity index (χ0) is 14.5. The lowest BCUT2D eigenvalue weighted by molar-refractivity contribution is 0.0946. The van der Waals surface area contributed by atoms with E-state index in [1.165, 1.54) is 0 Å². The molecule has 0 bridgehead atoms. The lowest BCUT2D eigenvalue weighted by Crippen LogP contribution is -2.24. The van der Waals surface area contributed by atoms with Crippen LogP contribution in [0.3, 0.4) is 0 Å². The topological polar surface area (TPSA) is 72.7 Å². The van der Waals surface area contributed by atoms with Gasteiger partial charge in [-0.1, -0.05) is 12.1 Å². The number of carbonyl (C=O) groups is 1. The fourth-order valence-electron chi connectivity index (χ4n) is 1.93. The molecule has 6 nitrogen and oxygen atoms in total. The molecule has 3 heterocycles. The third-order valence-corrected chi connectivity index (χ3v) is 2.93. The number of rotatable bonds is 4. The van der Waals surface area contributed by atoms with Crippen molar-refractivity contribution in [1.82, 2.24) is 25.1 Å². The van der Waals surface area contributed by atoms with Gasteiger partial charge < -0.3 is 5.32 Å². The number of nitrogens with one attached hydrogen (secondary N) is 1. The molecule has 6 heteroatoms. The van der Waals surface area contributed by atoms with Gasteiger partial charge >= 0.3 is 0 Å². The molecule has 0 saturated carbocycles. The van der Waals surface area contributed by atoms with Crippen LogP contribution in [0.4, 0.5) is 0 Å². The van der Waals surface area contributed by atoms with E-state index in [4.69, 9.17) is 0 Å². The average molecular weight is 279 g/mol. The van der Waals surface area contributed by atoms with Crippen molar-refractivity contribution < 1.29 is 4.79 Å². The van der Waals surface area contributed by atoms with Gasteiger partial charge in [-0.15, -0.1) is 0 Å². The van der Waals surface area contributed by atoms with Crippen LogP contribution in [0.15, 0.2) is 61.2 Å². The molecule has 3 aromatic rings. The molecule has 21 heavy (non-hydrogen) atoms. The second-order valence-corrected chi connectivity index (χ2v) is 4.33. The van der Waals surface area contributed by atoms with Crippen LogP contribution in [0.5, 0.6) is 0 Å². The van der Waals surface area contributed by atoms with Gasteiger partial charge in [-0.05, 0) is 24.3 Å². The van der Waals surface area contributed by atoms with Gasteiger partial charge in [0.15, 0.2) is 5.82 Å². The predicted octanol–water partition coefficient (Wildman–Crippen LogP) is 1.59. The molecule has 0 aliphatic rings. The molecule has 0 unspecified atom stereocenters. The molecular weight excluding hydrogens is 266 g/mol. The molecule has 104 valence electrons. The van der Waals surface area contributed by atoms with Crippen LogP contribution in [-0.4, -0.2) is 25.7 Å². The Morgan fingerprint density at radius 2 is 1.95 bits per heavy atom. The van der Waals surface area contributed by atoms with Crippen LogP contribution in [0.25, 0.3) is 5.82 Å². The van der Waals surface area contributed by atoms with Crippen molar-refractivity contribution in [3.63, 3.8) is 0 Å². The Balaban J connectivity index is 1.76. The number of hydrogen-bond donors (Lipinski definition) is 1. The van der Waals surface area contributed by atoms with E-state index in [9.17, 15) is 4.79 Å². The lowest BCUT2D eigenvalue weighted by atomic mass is 10.2. The first-order chi connectivity index (χ1) is 10.3. The predicted molar refractivity (Wildman–Crippen MR) is 76.8 cm³/mol. The molecule has 0 aliphatic heterocycles. The smallest absolute Gasteiger partial charge is 0.270 e. The van der Waals surface area contributed by atoms with Gasteiger partial charge in [0.05, 0.1) is 0 Å². The first kappa shape index (κ1) is 13.0. The Hall–Kier alpha value is -3.02. The van der Waals surface area contributed by atoms with Gasteiger partial charge in [-0.3, -0.25) is 9.78 Å². The zero-order valence-electron chi connectivity index (χ0n) is 11.2. The minimum Gasteiger partial charge on any atom is -0.346 e. The van der Waals surface area contributed by atoms with Gasteiger partial charge in [0.1, 0.15) is 5.69 Å². The number of carbonyl (C=O) groups excluding carboxylic acids is 1. The Kier molecular flexibility index (Phi) is 3.68. The Morgan fingerprint density at radius 3 is 2.71 bits per heavy atom. The van der Waals surface area contributed by atoms with E-state index in [1.54, 1.807) is 41.5 Å². The number of aromatic nitrogens is 4. The Bertz CT molecular complexity index is 725. The summed E-state index contributed by atoms with van der Waals surface area (Å²) >= 11 is 0. The first-order valence-electron chi connectivity index (χ1n) is 6.48. The molecule has 0 saturated heterocycles. The van der Waals surface area contributed by atoms with Crippen molar-refractivity contribution in [3.05, 3.63) is 72.4 Å². The number of amides is 1. The molecule has 1 N–H and O–H groups in total. The fraction of sp³-hybridized carbons (Fsp3) is 0.0667. The molecule has 1 amide bonds. The first-order valence-corrected chi connectivity index (χ1v) is 6.48. The van der Waals surface area contributed by atoms with Crippen molar-refractivity contribution in [3.8, 4) is 5.82 Å². The molecule has 0 spiro atoms. The highest BCUT2D eigenvalue weighted by Crippen LogP contribution is 2.10. The van der Waals surface area contributed by atoms with E-state index < -0.39 is 0 Å². The number of hydrogen-bond acceptors (Lipinski definition) is 4. The molecule has 0 aliphatic carbocycles. The normalized spacial score (nSPS) is 10.3. The maximum absolute atomic E-state index is 12.0. The highest BCUT2D eigenvalue weighted by Gasteiger charge is 2.09. The molecule has 0 atom stereocenters. The Morgan fingerprint density at radius 1 is 1.05 bits per heavy atom. The van der Waals surface area contributed by atoms with Crippen LogP contribution in [-0.2, 0) is 6.54 Å². The Labute approximate surface area is 121 Å². The second-order valence-electron chi connectivity index (χ2n) is 4.33. The monoisotopic (exact) mass is 279 g/mol. The van der Waals surface area contributed by atoms with Gasteiger partial charge in [0, 0.05) is 36.9 Å². The van der Waals surface area contributed by atoms with Crippen molar-refractivity contribution in [2.45, 2.75) is 6.54 Å². The summed E-state index contributed by atoms with van der Waals surface area (Å²) in [5.41, 5.74) is 1.27. The van der Waals surface area contributed by atoms with Crippen LogP contribution in [0.1, 0.15) is 16.1 Å². The largest absolute Gasteiger partial charge is 0.346 e. The summed E-state index contributed by atoms with van der Waals surface area (Å²) in [5, 5.41) is 7.00. The van der Waals surface area contributed by atoms with E-state index in [2.05, 4.69) is 20.4 Å². The molecule has 0 aromatic carbocycles. The van der Waals surface area contributed by atoms with E-state index in [-0.39, 0.29) is 5.91 Å². The summed E-state index contributed by atoms with van der Waals surface area (Å²) < 4.78 is 1.67. The average Bonchev–Trinajstić information content (AvgIpc) is 3.08. The van der Waals surface area contributed by atoms with Crippen molar-refractivity contribution >= 4 is 5.91 Å². The number of nitrogens with zero attached hydrogens (tertiary/aromatic N) is 4. The molecule has 3 aromatic heterocycles. The van der Waals surface area contributed by atoms with Crippen LogP contribution in [0.2, 0.25) is 0 Å². The van der Waals surface area contributed by atoms with Gasteiger partial charge in [0.2, 0.25) is 0 Å². The van der Waals surface area contributed by atoms with E-state index in [0.29, 0.717) is 18.1 Å². The maximum atomic E-state index is 12.0. The summed E-state index contributed by atoms with van der Waals surface area (Å²) in [6.07, 6.45) is 6.78. The molecular formula is C15H13N5O. The molecule has 3 rings (SSSR count). The highest BCUT2D eigenvalue weighted by atomic mass is 16.1. The summed E-state index contributed by atoms with van der Waals surface area (Å²) in [5.74, 6) is 0.481. The number of pyridine rings is 2. The third-order valence-electron chi connectivity index (χ3n) is 2.93. The van der Waals surface area contributed by atoms with Crippen LogP contribution < -0.4 is 5.32 Å². The minimum atomic E-state index is -0.217. The summed E-state index contributed by atoms with van der Waals surface area (Å²) in [7, 11) is 0. The second kappa shape index (κ2) is 5.96. The summed E-state index contributed by atoms with van der Waals surface area (Å²) in [4.78, 5) is 20.3. The van der Waals surface area contributed by atoms with Gasteiger partial charge in [-0.2, -0.15) is 5.10 Å². The fourth-order valence-corrected chi connectivity index (χ4v) is 1.93. The quantitative estimate of drug-likeness (QED) is 0.787. The third kappa shape index (κ3) is 2.94. The van der Waals surface area contributed by atoms with Crippen molar-refractivity contribution in [1.29, 1.82) is 0 Å². The van der Waals surface area contributed by atoms with Crippen LogP contribution >= 0.6 is 0 Å². The minimum absolute atomic E-state index is 0.217. The van der Waals surface area contributed by atoms with E-state index >= 15 is 0 Å².